The number of nitrogens with zero attached hydrogens (tertiary/aromatic N) is 1. The lowest BCUT2D eigenvalue weighted by Gasteiger charge is -2.04. The van der Waals surface area contributed by atoms with Gasteiger partial charge < -0.3 is 5.32 Å². The van der Waals surface area contributed by atoms with Gasteiger partial charge in [-0.2, -0.15) is 0 Å². The topological polar surface area (TPSA) is 102 Å². The first kappa shape index (κ1) is 23.1. The molecule has 0 radical (unpaired) electrons. The Bertz CT molecular complexity index is 1420. The summed E-state index contributed by atoms with van der Waals surface area (Å²) in [6.07, 6.45) is 0. The molecule has 168 valence electrons. The van der Waals surface area contributed by atoms with Gasteiger partial charge in [-0.25, -0.2) is 22.9 Å². The maximum absolute atomic E-state index is 13.5. The molecule has 3 N–H and O–H groups in total. The predicted octanol–water partition coefficient (Wildman–Crippen LogP) is 4.85. The van der Waals surface area contributed by atoms with Gasteiger partial charge in [0.25, 0.3) is 5.91 Å². The van der Waals surface area contributed by atoms with E-state index >= 15 is 0 Å². The molecule has 4 aromatic rings. The second-order valence-electron chi connectivity index (χ2n) is 7.09. The van der Waals surface area contributed by atoms with Crippen molar-refractivity contribution in [3.8, 4) is 21.7 Å². The Balaban J connectivity index is 1.69. The minimum Gasteiger partial charge on any atom is -0.346 e. The van der Waals surface area contributed by atoms with Gasteiger partial charge in [0.2, 0.25) is 10.0 Å². The summed E-state index contributed by atoms with van der Waals surface area (Å²) in [5, 5.41) is 8.77. The highest BCUT2D eigenvalue weighted by atomic mass is 35.5. The van der Waals surface area contributed by atoms with Crippen molar-refractivity contribution in [1.29, 1.82) is 0 Å². The molecule has 4 rings (SSSR count). The van der Waals surface area contributed by atoms with Crippen LogP contribution in [-0.2, 0) is 16.6 Å². The maximum atomic E-state index is 13.5. The molecule has 0 saturated carbocycles. The number of halogens is 2. The number of amides is 1. The third kappa shape index (κ3) is 5.45. The number of nitrogens with one attached hydrogen (secondary N) is 1. The number of thiazole rings is 1. The lowest BCUT2D eigenvalue weighted by atomic mass is 10.1. The van der Waals surface area contributed by atoms with Crippen LogP contribution in [0.3, 0.4) is 0 Å². The zero-order valence-corrected chi connectivity index (χ0v) is 19.3. The van der Waals surface area contributed by atoms with Crippen LogP contribution in [0.5, 0.6) is 0 Å². The Morgan fingerprint density at radius 2 is 1.70 bits per heavy atom. The van der Waals surface area contributed by atoms with Crippen LogP contribution in [0.2, 0.25) is 5.02 Å². The number of carbonyl (C=O) groups is 1. The van der Waals surface area contributed by atoms with Crippen molar-refractivity contribution in [3.63, 3.8) is 0 Å². The van der Waals surface area contributed by atoms with Crippen molar-refractivity contribution in [3.05, 3.63) is 94.2 Å². The van der Waals surface area contributed by atoms with Crippen molar-refractivity contribution in [1.82, 2.24) is 10.3 Å². The third-order valence-corrected chi connectivity index (χ3v) is 6.99. The number of aromatic nitrogens is 1. The molecule has 1 aromatic heterocycles. The van der Waals surface area contributed by atoms with Crippen LogP contribution in [0.1, 0.15) is 15.4 Å². The van der Waals surface area contributed by atoms with Gasteiger partial charge >= 0.3 is 0 Å². The summed E-state index contributed by atoms with van der Waals surface area (Å²) in [7, 11) is -3.85. The van der Waals surface area contributed by atoms with Crippen LogP contribution >= 0.6 is 22.9 Å². The van der Waals surface area contributed by atoms with Gasteiger partial charge in [0.15, 0.2) is 5.01 Å². The smallest absolute Gasteiger partial charge is 0.280 e. The summed E-state index contributed by atoms with van der Waals surface area (Å²) in [4.78, 5) is 17.9. The Morgan fingerprint density at radius 3 is 2.33 bits per heavy atom. The average molecular weight is 502 g/mol. The molecular formula is C23H17ClFN3O3S2. The largest absolute Gasteiger partial charge is 0.346 e. The van der Waals surface area contributed by atoms with Crippen LogP contribution in [0.4, 0.5) is 4.39 Å². The molecule has 0 atom stereocenters. The van der Waals surface area contributed by atoms with Crippen molar-refractivity contribution in [2.45, 2.75) is 11.4 Å². The lowest BCUT2D eigenvalue weighted by Crippen LogP contribution is -2.22. The van der Waals surface area contributed by atoms with E-state index in [1.807, 2.05) is 6.07 Å². The predicted molar refractivity (Wildman–Crippen MR) is 127 cm³/mol. The molecule has 33 heavy (non-hydrogen) atoms. The first-order valence-electron chi connectivity index (χ1n) is 9.63. The van der Waals surface area contributed by atoms with E-state index in [2.05, 4.69) is 10.3 Å². The fraction of sp³-hybridized carbons (Fsp3) is 0.0435. The van der Waals surface area contributed by atoms with Crippen LogP contribution in [0.25, 0.3) is 21.7 Å². The molecule has 10 heteroatoms. The number of carbonyl (C=O) groups excluding carboxylic acids is 1. The summed E-state index contributed by atoms with van der Waals surface area (Å²) in [5.74, 6) is -0.766. The van der Waals surface area contributed by atoms with Gasteiger partial charge in [-0.1, -0.05) is 48.0 Å². The Kier molecular flexibility index (Phi) is 6.57. The van der Waals surface area contributed by atoms with Crippen molar-refractivity contribution in [2.75, 3.05) is 0 Å². The highest BCUT2D eigenvalue weighted by Gasteiger charge is 2.20. The summed E-state index contributed by atoms with van der Waals surface area (Å²) in [6, 6.07) is 18.8. The molecule has 0 aliphatic rings. The Labute approximate surface area is 198 Å². The summed E-state index contributed by atoms with van der Waals surface area (Å²) in [6.45, 7) is 0.267. The molecule has 3 aromatic carbocycles. The van der Waals surface area contributed by atoms with Gasteiger partial charge in [0.05, 0.1) is 15.5 Å². The number of primary sulfonamides is 1. The molecule has 0 saturated heterocycles. The van der Waals surface area contributed by atoms with E-state index < -0.39 is 10.0 Å². The fourth-order valence-electron chi connectivity index (χ4n) is 3.12. The quantitative estimate of drug-likeness (QED) is 0.394. The minimum atomic E-state index is -3.85. The van der Waals surface area contributed by atoms with E-state index in [9.17, 15) is 17.6 Å². The maximum Gasteiger partial charge on any atom is 0.280 e. The molecule has 0 aliphatic carbocycles. The second kappa shape index (κ2) is 9.40. The second-order valence-corrected chi connectivity index (χ2v) is 10.1. The molecular weight excluding hydrogens is 485 g/mol. The van der Waals surface area contributed by atoms with Crippen molar-refractivity contribution >= 4 is 38.9 Å². The highest BCUT2D eigenvalue weighted by Crippen LogP contribution is 2.37. The molecule has 0 unspecified atom stereocenters. The highest BCUT2D eigenvalue weighted by molar-refractivity contribution is 7.89. The van der Waals surface area contributed by atoms with Crippen LogP contribution in [0, 0.1) is 5.82 Å². The number of sulfonamides is 1. The summed E-state index contributed by atoms with van der Waals surface area (Å²) >= 11 is 7.15. The average Bonchev–Trinajstić information content (AvgIpc) is 3.23. The van der Waals surface area contributed by atoms with Crippen molar-refractivity contribution < 1.29 is 17.6 Å². The molecule has 0 fully saturated rings. The van der Waals surface area contributed by atoms with E-state index in [4.69, 9.17) is 16.7 Å². The number of hydrogen-bond acceptors (Lipinski definition) is 5. The normalized spacial score (nSPS) is 11.4. The standard InChI is InChI=1S/C23H17ClFN3O3S2/c24-17-3-1-2-14(12-17)13-27-22(29)23-28-20(15-6-10-19(11-7-15)33(26,30)31)21(32-23)16-4-8-18(25)9-5-16/h1-12H,13H2,(H,27,29)(H2,26,30,31). The number of nitrogens with two attached hydrogens (primary N) is 1. The third-order valence-electron chi connectivity index (χ3n) is 4.73. The van der Waals surface area contributed by atoms with Gasteiger partial charge in [0.1, 0.15) is 5.82 Å². The van der Waals surface area contributed by atoms with Crippen molar-refractivity contribution in [2.24, 2.45) is 5.14 Å². The fourth-order valence-corrected chi connectivity index (χ4v) is 4.85. The molecule has 1 amide bonds. The van der Waals surface area contributed by atoms with Crippen LogP contribution < -0.4 is 10.5 Å². The first-order chi connectivity index (χ1) is 15.7. The summed E-state index contributed by atoms with van der Waals surface area (Å²) < 4.78 is 36.6. The van der Waals surface area contributed by atoms with E-state index in [0.717, 1.165) is 16.9 Å². The SMILES string of the molecule is NS(=O)(=O)c1ccc(-c2nc(C(=O)NCc3cccc(Cl)c3)sc2-c2ccc(F)cc2)cc1. The van der Waals surface area contributed by atoms with Gasteiger partial charge in [-0.05, 0) is 47.5 Å². The van der Waals surface area contributed by atoms with Crippen LogP contribution in [-0.4, -0.2) is 19.3 Å². The van der Waals surface area contributed by atoms with Gasteiger partial charge in [-0.3, -0.25) is 4.79 Å². The lowest BCUT2D eigenvalue weighted by molar-refractivity contribution is 0.0950. The Morgan fingerprint density at radius 1 is 1.03 bits per heavy atom. The molecule has 6 nitrogen and oxygen atoms in total. The monoisotopic (exact) mass is 501 g/mol. The van der Waals surface area contributed by atoms with E-state index in [1.165, 1.54) is 24.3 Å². The molecule has 1 heterocycles. The summed E-state index contributed by atoms with van der Waals surface area (Å²) in [5.41, 5.74) is 2.57. The zero-order chi connectivity index (χ0) is 23.6. The molecule has 0 spiro atoms. The number of benzene rings is 3. The minimum absolute atomic E-state index is 0.0377. The van der Waals surface area contributed by atoms with E-state index in [1.54, 1.807) is 42.5 Å². The van der Waals surface area contributed by atoms with Gasteiger partial charge in [0, 0.05) is 17.1 Å². The Hall–Kier alpha value is -3.11. The van der Waals surface area contributed by atoms with Gasteiger partial charge in [-0.15, -0.1) is 11.3 Å². The zero-order valence-electron chi connectivity index (χ0n) is 17.0. The van der Waals surface area contributed by atoms with E-state index in [0.29, 0.717) is 26.7 Å². The first-order valence-corrected chi connectivity index (χ1v) is 12.4. The van der Waals surface area contributed by atoms with Crippen LogP contribution in [0.15, 0.2) is 77.7 Å². The molecule has 0 bridgehead atoms. The van der Waals surface area contributed by atoms with E-state index in [-0.39, 0.29) is 28.2 Å². The number of rotatable bonds is 6. The number of hydrogen-bond donors (Lipinski definition) is 2. The molecule has 0 aliphatic heterocycles.